The minimum atomic E-state index is -0.255. The van der Waals surface area contributed by atoms with Crippen LogP contribution in [0.5, 0.6) is 0 Å². The third kappa shape index (κ3) is 2.59. The first-order valence-corrected chi connectivity index (χ1v) is 10.1. The maximum atomic E-state index is 12.5. The van der Waals surface area contributed by atoms with E-state index in [4.69, 9.17) is 4.74 Å². The van der Waals surface area contributed by atoms with E-state index in [1.807, 2.05) is 0 Å². The van der Waals surface area contributed by atoms with Crippen LogP contribution in [0.2, 0.25) is 0 Å². The highest BCUT2D eigenvalue weighted by Gasteiger charge is 2.26. The fourth-order valence-electron chi connectivity index (χ4n) is 4.07. The summed E-state index contributed by atoms with van der Waals surface area (Å²) in [6, 6.07) is 0. The van der Waals surface area contributed by atoms with Crippen molar-refractivity contribution in [2.24, 2.45) is 0 Å². The second kappa shape index (κ2) is 6.28. The van der Waals surface area contributed by atoms with Crippen molar-refractivity contribution in [2.45, 2.75) is 51.0 Å². The lowest BCUT2D eigenvalue weighted by Crippen LogP contribution is -2.32. The number of fused-ring (bicyclic) bond motifs is 5. The summed E-state index contributed by atoms with van der Waals surface area (Å²) in [7, 11) is 0. The molecule has 5 rings (SSSR count). The van der Waals surface area contributed by atoms with Crippen LogP contribution in [0.25, 0.3) is 15.9 Å². The van der Waals surface area contributed by atoms with Crippen molar-refractivity contribution in [1.29, 1.82) is 0 Å². The molecule has 7 nitrogen and oxygen atoms in total. The minimum absolute atomic E-state index is 0.106. The average molecular weight is 371 g/mol. The maximum absolute atomic E-state index is 12.5. The van der Waals surface area contributed by atoms with Gasteiger partial charge in [0, 0.05) is 18.0 Å². The molecule has 2 unspecified atom stereocenters. The molecule has 2 aliphatic rings. The molecule has 0 aromatic carbocycles. The number of hydrogen-bond donors (Lipinski definition) is 1. The van der Waals surface area contributed by atoms with E-state index in [9.17, 15) is 4.79 Å². The SMILES string of the molecule is CC1CCCc2sc3ncn4nc(C(=O)NCC5CCCO5)nc4c3c21. The van der Waals surface area contributed by atoms with E-state index in [0.717, 1.165) is 41.7 Å². The van der Waals surface area contributed by atoms with Gasteiger partial charge in [-0.1, -0.05) is 6.92 Å². The van der Waals surface area contributed by atoms with Crippen LogP contribution in [0.1, 0.15) is 59.6 Å². The van der Waals surface area contributed by atoms with E-state index >= 15 is 0 Å². The lowest BCUT2D eigenvalue weighted by Gasteiger charge is -2.18. The molecule has 2 atom stereocenters. The molecular formula is C18H21N5O2S. The summed E-state index contributed by atoms with van der Waals surface area (Å²) < 4.78 is 7.19. The van der Waals surface area contributed by atoms with Gasteiger partial charge in [-0.3, -0.25) is 4.79 Å². The third-order valence-electron chi connectivity index (χ3n) is 5.39. The van der Waals surface area contributed by atoms with E-state index in [0.29, 0.717) is 12.5 Å². The molecular weight excluding hydrogens is 350 g/mol. The maximum Gasteiger partial charge on any atom is 0.291 e. The fraction of sp³-hybridized carbons (Fsp3) is 0.556. The molecule has 26 heavy (non-hydrogen) atoms. The van der Waals surface area contributed by atoms with Gasteiger partial charge in [-0.05, 0) is 43.6 Å². The summed E-state index contributed by atoms with van der Waals surface area (Å²) >= 11 is 1.75. The van der Waals surface area contributed by atoms with Crippen LogP contribution in [0.4, 0.5) is 0 Å². The molecule has 1 amide bonds. The molecule has 1 fully saturated rings. The average Bonchev–Trinajstić information content (AvgIpc) is 3.36. The van der Waals surface area contributed by atoms with Gasteiger partial charge in [-0.25, -0.2) is 14.5 Å². The van der Waals surface area contributed by atoms with Crippen molar-refractivity contribution < 1.29 is 9.53 Å². The molecule has 8 heteroatoms. The molecule has 1 saturated heterocycles. The highest BCUT2D eigenvalue weighted by molar-refractivity contribution is 7.19. The number of nitrogens with one attached hydrogen (secondary N) is 1. The lowest BCUT2D eigenvalue weighted by atomic mass is 9.87. The first-order valence-electron chi connectivity index (χ1n) is 9.27. The Kier molecular flexibility index (Phi) is 3.90. The summed E-state index contributed by atoms with van der Waals surface area (Å²) in [6.45, 7) is 3.55. The number of thiophene rings is 1. The van der Waals surface area contributed by atoms with Crippen molar-refractivity contribution in [1.82, 2.24) is 24.9 Å². The van der Waals surface area contributed by atoms with Gasteiger partial charge in [-0.15, -0.1) is 16.4 Å². The van der Waals surface area contributed by atoms with Crippen LogP contribution in [-0.2, 0) is 11.2 Å². The summed E-state index contributed by atoms with van der Waals surface area (Å²) in [5.41, 5.74) is 2.09. The highest BCUT2D eigenvalue weighted by Crippen LogP contribution is 2.42. The number of amides is 1. The standard InChI is InChI=1S/C18H21N5O2S/c1-10-4-2-6-12-13(10)14-16-21-15(22-23(16)9-20-18(14)26-12)17(24)19-8-11-5-3-7-25-11/h9-11H,2-8H2,1H3,(H,19,24). The highest BCUT2D eigenvalue weighted by atomic mass is 32.1. The molecule has 136 valence electrons. The quantitative estimate of drug-likeness (QED) is 0.765. The zero-order chi connectivity index (χ0) is 17.7. The van der Waals surface area contributed by atoms with Crippen molar-refractivity contribution in [3.63, 3.8) is 0 Å². The van der Waals surface area contributed by atoms with Crippen molar-refractivity contribution in [2.75, 3.05) is 13.2 Å². The van der Waals surface area contributed by atoms with Crippen LogP contribution in [-0.4, -0.2) is 44.7 Å². The van der Waals surface area contributed by atoms with Crippen LogP contribution >= 0.6 is 11.3 Å². The first kappa shape index (κ1) is 16.1. The Hall–Kier alpha value is -2.06. The molecule has 0 bridgehead atoms. The second-order valence-electron chi connectivity index (χ2n) is 7.21. The summed E-state index contributed by atoms with van der Waals surface area (Å²) in [5, 5.41) is 8.33. The normalized spacial score (nSPS) is 22.8. The molecule has 0 spiro atoms. The van der Waals surface area contributed by atoms with E-state index in [-0.39, 0.29) is 17.8 Å². The number of nitrogens with zero attached hydrogens (tertiary/aromatic N) is 4. The van der Waals surface area contributed by atoms with Gasteiger partial charge in [0.1, 0.15) is 11.2 Å². The minimum Gasteiger partial charge on any atom is -0.376 e. The monoisotopic (exact) mass is 371 g/mol. The summed E-state index contributed by atoms with van der Waals surface area (Å²) in [5.74, 6) is 0.434. The van der Waals surface area contributed by atoms with Gasteiger partial charge in [0.2, 0.25) is 5.82 Å². The van der Waals surface area contributed by atoms with Gasteiger partial charge in [0.25, 0.3) is 5.91 Å². The van der Waals surface area contributed by atoms with Gasteiger partial charge in [0.05, 0.1) is 11.5 Å². The van der Waals surface area contributed by atoms with E-state index in [1.54, 1.807) is 22.2 Å². The third-order valence-corrected chi connectivity index (χ3v) is 6.57. The van der Waals surface area contributed by atoms with Crippen LogP contribution in [0.3, 0.4) is 0 Å². The molecule has 1 aliphatic heterocycles. The van der Waals surface area contributed by atoms with E-state index in [2.05, 4.69) is 27.3 Å². The molecule has 3 aromatic heterocycles. The van der Waals surface area contributed by atoms with Crippen LogP contribution < -0.4 is 5.32 Å². The molecule has 1 aliphatic carbocycles. The van der Waals surface area contributed by atoms with Gasteiger partial charge >= 0.3 is 0 Å². The number of carbonyl (C=O) groups excluding carboxylic acids is 1. The zero-order valence-corrected chi connectivity index (χ0v) is 15.5. The predicted octanol–water partition coefficient (Wildman–Crippen LogP) is 2.69. The number of carbonyl (C=O) groups is 1. The Bertz CT molecular complexity index is 988. The second-order valence-corrected chi connectivity index (χ2v) is 8.29. The Morgan fingerprint density at radius 2 is 2.35 bits per heavy atom. The van der Waals surface area contributed by atoms with Crippen molar-refractivity contribution in [3.05, 3.63) is 22.6 Å². The Morgan fingerprint density at radius 1 is 1.42 bits per heavy atom. The Balaban J connectivity index is 1.51. The van der Waals surface area contributed by atoms with E-state index < -0.39 is 0 Å². The van der Waals surface area contributed by atoms with Crippen LogP contribution in [0, 0.1) is 0 Å². The number of rotatable bonds is 3. The largest absolute Gasteiger partial charge is 0.376 e. The molecule has 4 heterocycles. The number of ether oxygens (including phenoxy) is 1. The van der Waals surface area contributed by atoms with Gasteiger partial charge < -0.3 is 10.1 Å². The number of hydrogen-bond acceptors (Lipinski definition) is 6. The van der Waals surface area contributed by atoms with Gasteiger partial charge in [0.15, 0.2) is 5.65 Å². The number of aromatic nitrogens is 4. The Morgan fingerprint density at radius 3 is 3.19 bits per heavy atom. The summed E-state index contributed by atoms with van der Waals surface area (Å²) in [6.07, 6.45) is 7.32. The molecule has 0 saturated carbocycles. The smallest absolute Gasteiger partial charge is 0.291 e. The van der Waals surface area contributed by atoms with Crippen LogP contribution in [0.15, 0.2) is 6.33 Å². The molecule has 1 N–H and O–H groups in total. The summed E-state index contributed by atoms with van der Waals surface area (Å²) in [4.78, 5) is 24.0. The van der Waals surface area contributed by atoms with Crippen molar-refractivity contribution in [3.8, 4) is 0 Å². The molecule has 3 aromatic rings. The van der Waals surface area contributed by atoms with Crippen molar-refractivity contribution >= 4 is 33.1 Å². The topological polar surface area (TPSA) is 81.4 Å². The van der Waals surface area contributed by atoms with E-state index in [1.165, 1.54) is 23.3 Å². The molecule has 0 radical (unpaired) electrons. The predicted molar refractivity (Wildman–Crippen MR) is 98.8 cm³/mol. The lowest BCUT2D eigenvalue weighted by molar-refractivity contribution is 0.0849. The van der Waals surface area contributed by atoms with Gasteiger partial charge in [-0.2, -0.15) is 0 Å². The number of aryl methyl sites for hydroxylation is 1. The zero-order valence-electron chi connectivity index (χ0n) is 14.7. The first-order chi connectivity index (χ1) is 12.7. The fourth-order valence-corrected chi connectivity index (χ4v) is 5.37. The Labute approximate surface area is 154 Å².